The zero-order valence-electron chi connectivity index (χ0n) is 28.0. The molecule has 3 amide bonds. The predicted molar refractivity (Wildman–Crippen MR) is 180 cm³/mol. The Hall–Kier alpha value is -4.28. The minimum Gasteiger partial charge on any atom is -0.455 e. The van der Waals surface area contributed by atoms with Gasteiger partial charge in [-0.05, 0) is 49.3 Å². The van der Waals surface area contributed by atoms with Crippen LogP contribution in [-0.2, 0) is 28.7 Å². The summed E-state index contributed by atoms with van der Waals surface area (Å²) in [5.41, 5.74) is 1.75. The van der Waals surface area contributed by atoms with Gasteiger partial charge in [0, 0.05) is 18.7 Å². The number of hydrogen-bond donors (Lipinski definition) is 2. The Balaban J connectivity index is 1.48. The molecule has 1 spiro atoms. The molecule has 4 aliphatic rings. The van der Waals surface area contributed by atoms with Crippen molar-refractivity contribution in [2.45, 2.75) is 76.9 Å². The van der Waals surface area contributed by atoms with Crippen molar-refractivity contribution in [3.05, 3.63) is 89.5 Å². The number of rotatable bonds is 6. The lowest BCUT2D eigenvalue weighted by Crippen LogP contribution is -2.59. The third kappa shape index (κ3) is 5.96. The van der Waals surface area contributed by atoms with Crippen molar-refractivity contribution in [3.63, 3.8) is 0 Å². The molecule has 4 aliphatic heterocycles. The van der Waals surface area contributed by atoms with E-state index < -0.39 is 53.6 Å². The number of amides is 3. The number of aliphatic hydroxyl groups excluding tert-OH is 1. The first-order valence-electron chi connectivity index (χ1n) is 16.9. The zero-order chi connectivity index (χ0) is 34.2. The summed E-state index contributed by atoms with van der Waals surface area (Å²) in [5, 5.41) is 13.6. The largest absolute Gasteiger partial charge is 0.455 e. The molecule has 2 fully saturated rings. The van der Waals surface area contributed by atoms with Crippen LogP contribution in [0, 0.1) is 31.6 Å². The van der Waals surface area contributed by atoms with Gasteiger partial charge < -0.3 is 29.7 Å². The van der Waals surface area contributed by atoms with Gasteiger partial charge in [-0.3, -0.25) is 19.2 Å². The molecule has 10 nitrogen and oxygen atoms in total. The first-order chi connectivity index (χ1) is 23.1. The van der Waals surface area contributed by atoms with Crippen molar-refractivity contribution in [2.75, 3.05) is 24.6 Å². The molecule has 0 radical (unpaired) electrons. The van der Waals surface area contributed by atoms with E-state index in [4.69, 9.17) is 9.47 Å². The molecule has 48 heavy (non-hydrogen) atoms. The fourth-order valence-electron chi connectivity index (χ4n) is 7.96. The molecule has 2 aromatic rings. The first kappa shape index (κ1) is 33.6. The summed E-state index contributed by atoms with van der Waals surface area (Å²) in [6, 6.07) is 13.2. The Kier molecular flexibility index (Phi) is 9.58. The maximum Gasteiger partial charge on any atom is 0.313 e. The lowest BCUT2D eigenvalue weighted by molar-refractivity contribution is -0.160. The predicted octanol–water partition coefficient (Wildman–Crippen LogP) is 3.94. The van der Waals surface area contributed by atoms with Crippen LogP contribution in [0.4, 0.5) is 5.69 Å². The highest BCUT2D eigenvalue weighted by atomic mass is 16.6. The number of likely N-dealkylation sites (tertiary alicyclic amines) is 1. The van der Waals surface area contributed by atoms with E-state index in [1.807, 2.05) is 88.4 Å². The van der Waals surface area contributed by atoms with Gasteiger partial charge in [0.05, 0.1) is 31.2 Å². The van der Waals surface area contributed by atoms with Crippen LogP contribution in [0.1, 0.15) is 55.9 Å². The number of carbonyl (C=O) groups excluding carboxylic acids is 4. The molecule has 2 N–H and O–H groups in total. The number of aliphatic hydroxyl groups is 1. The molecule has 6 rings (SSSR count). The second-order valence-electron chi connectivity index (χ2n) is 13.8. The number of esters is 1. The van der Waals surface area contributed by atoms with Gasteiger partial charge in [0.25, 0.3) is 5.91 Å². The molecule has 2 saturated heterocycles. The fraction of sp³-hybridized carbons (Fsp3) is 0.474. The van der Waals surface area contributed by atoms with E-state index in [1.165, 1.54) is 4.90 Å². The van der Waals surface area contributed by atoms with Crippen LogP contribution in [0.2, 0.25) is 0 Å². The van der Waals surface area contributed by atoms with Gasteiger partial charge in [0.15, 0.2) is 0 Å². The van der Waals surface area contributed by atoms with Crippen molar-refractivity contribution in [1.82, 2.24) is 10.2 Å². The van der Waals surface area contributed by atoms with Gasteiger partial charge in [-0.1, -0.05) is 86.7 Å². The van der Waals surface area contributed by atoms with Crippen LogP contribution >= 0.6 is 0 Å². The number of aryl methyl sites for hydroxylation is 2. The van der Waals surface area contributed by atoms with Crippen molar-refractivity contribution in [2.24, 2.45) is 17.8 Å². The van der Waals surface area contributed by atoms with Gasteiger partial charge >= 0.3 is 5.97 Å². The van der Waals surface area contributed by atoms with Crippen molar-refractivity contribution in [1.29, 1.82) is 0 Å². The second-order valence-corrected chi connectivity index (χ2v) is 13.8. The highest BCUT2D eigenvalue weighted by Crippen LogP contribution is 2.56. The number of anilines is 1. The van der Waals surface area contributed by atoms with Gasteiger partial charge in [-0.25, -0.2) is 0 Å². The van der Waals surface area contributed by atoms with Crippen LogP contribution in [0.15, 0.2) is 72.8 Å². The van der Waals surface area contributed by atoms with E-state index in [0.29, 0.717) is 18.4 Å². The summed E-state index contributed by atoms with van der Waals surface area (Å²) in [4.78, 5) is 60.1. The quantitative estimate of drug-likeness (QED) is 0.357. The average molecular weight is 656 g/mol. The number of nitrogens with zero attached hydrogens (tertiary/aromatic N) is 2. The van der Waals surface area contributed by atoms with E-state index in [0.717, 1.165) is 16.8 Å². The Morgan fingerprint density at radius 2 is 1.71 bits per heavy atom. The molecule has 0 aromatic heterocycles. The number of carbonyl (C=O) groups is 4. The SMILES string of the molecule is Cc1cccc(C)c1N1C/C=C\CCC(=O)NC[C@H](c2ccccc2)OC(=O)[C@@H]2[C@H]3C(=O)N([C@@H](CO)CC(C)C)[C@H](C1=O)[C@]31C=C[C@H]2O1. The monoisotopic (exact) mass is 655 g/mol. The maximum atomic E-state index is 15.2. The number of hydrogen-bond acceptors (Lipinski definition) is 7. The van der Waals surface area contributed by atoms with E-state index in [9.17, 15) is 19.5 Å². The number of fused-ring (bicyclic) bond motifs is 2. The molecular weight excluding hydrogens is 610 g/mol. The lowest BCUT2D eigenvalue weighted by Gasteiger charge is -2.39. The number of ether oxygens (including phenoxy) is 2. The number of cyclic esters (lactones) is 1. The third-order valence-electron chi connectivity index (χ3n) is 10.0. The lowest BCUT2D eigenvalue weighted by atomic mass is 9.74. The van der Waals surface area contributed by atoms with E-state index >= 15 is 4.79 Å². The Labute approximate surface area is 281 Å². The van der Waals surface area contributed by atoms with Crippen molar-refractivity contribution < 1.29 is 33.8 Å². The van der Waals surface area contributed by atoms with E-state index in [-0.39, 0.29) is 43.8 Å². The number of allylic oxidation sites excluding steroid dienone is 1. The molecule has 2 aromatic carbocycles. The zero-order valence-corrected chi connectivity index (χ0v) is 28.0. The van der Waals surface area contributed by atoms with Crippen LogP contribution in [-0.4, -0.2) is 77.2 Å². The smallest absolute Gasteiger partial charge is 0.313 e. The first-order valence-corrected chi connectivity index (χ1v) is 16.9. The normalized spacial score (nSPS) is 30.4. The van der Waals surface area contributed by atoms with Crippen LogP contribution in [0.25, 0.3) is 0 Å². The van der Waals surface area contributed by atoms with Crippen LogP contribution in [0.5, 0.6) is 0 Å². The fourth-order valence-corrected chi connectivity index (χ4v) is 7.96. The number of nitrogens with one attached hydrogen (secondary N) is 1. The van der Waals surface area contributed by atoms with Crippen molar-refractivity contribution >= 4 is 29.4 Å². The van der Waals surface area contributed by atoms with Gasteiger partial charge in [-0.2, -0.15) is 0 Å². The molecule has 254 valence electrons. The summed E-state index contributed by atoms with van der Waals surface area (Å²) in [7, 11) is 0. The topological polar surface area (TPSA) is 125 Å². The van der Waals surface area contributed by atoms with Crippen molar-refractivity contribution in [3.8, 4) is 0 Å². The van der Waals surface area contributed by atoms with Gasteiger partial charge in [-0.15, -0.1) is 0 Å². The molecule has 0 aliphatic carbocycles. The van der Waals surface area contributed by atoms with E-state index in [2.05, 4.69) is 5.32 Å². The Morgan fingerprint density at radius 3 is 2.40 bits per heavy atom. The van der Waals surface area contributed by atoms with Gasteiger partial charge in [0.2, 0.25) is 11.8 Å². The molecular formula is C38H45N3O7. The third-order valence-corrected chi connectivity index (χ3v) is 10.0. The highest BCUT2D eigenvalue weighted by molar-refractivity contribution is 6.06. The number of para-hydroxylation sites is 1. The summed E-state index contributed by atoms with van der Waals surface area (Å²) in [6.07, 6.45) is 6.81. The summed E-state index contributed by atoms with van der Waals surface area (Å²) < 4.78 is 12.7. The molecule has 10 heteroatoms. The minimum atomic E-state index is -1.43. The second kappa shape index (κ2) is 13.7. The summed E-state index contributed by atoms with van der Waals surface area (Å²) in [5.74, 6) is -3.55. The average Bonchev–Trinajstić information content (AvgIpc) is 3.71. The van der Waals surface area contributed by atoms with Crippen LogP contribution in [0.3, 0.4) is 0 Å². The standard InChI is InChI=1S/C38H45N3O7/c1-23(2)20-27(22-42)41-34-36(45)40(33-24(3)12-11-13-25(33)4)19-10-6-9-16-30(43)39-21-29(26-14-7-5-8-15-26)47-37(46)31-28-17-18-38(34,48-28)32(31)35(41)44/h5-8,10-15,17-18,23,27-29,31-32,34,42H,9,16,19-22H2,1-4H3,(H,39,43)/b10-6-/t27-,28-,29-,31+,32+,34-,38+/m1/s1. The summed E-state index contributed by atoms with van der Waals surface area (Å²) in [6.45, 7) is 7.78. The van der Waals surface area contributed by atoms with E-state index in [1.54, 1.807) is 17.1 Å². The minimum absolute atomic E-state index is 0.0602. The highest BCUT2D eigenvalue weighted by Gasteiger charge is 2.74. The number of benzene rings is 2. The maximum absolute atomic E-state index is 15.2. The van der Waals surface area contributed by atoms with Gasteiger partial charge in [0.1, 0.15) is 23.7 Å². The molecule has 7 atom stereocenters. The molecule has 0 unspecified atom stereocenters. The Morgan fingerprint density at radius 1 is 0.979 bits per heavy atom. The van der Waals surface area contributed by atoms with Crippen LogP contribution < -0.4 is 10.2 Å². The Bertz CT molecular complexity index is 1600. The summed E-state index contributed by atoms with van der Waals surface area (Å²) >= 11 is 0. The molecule has 5 bridgehead atoms. The molecule has 0 saturated carbocycles. The molecule has 4 heterocycles.